The summed E-state index contributed by atoms with van der Waals surface area (Å²) in [5, 5.41) is 3.63. The fraction of sp³-hybridized carbons (Fsp3) is 0.370. The molecule has 0 bridgehead atoms. The van der Waals surface area contributed by atoms with Crippen molar-refractivity contribution in [1.29, 1.82) is 0 Å². The van der Waals surface area contributed by atoms with Crippen LogP contribution < -0.4 is 19.9 Å². The fourth-order valence-corrected chi connectivity index (χ4v) is 5.50. The van der Waals surface area contributed by atoms with Gasteiger partial charge in [-0.3, -0.25) is 14.7 Å². The van der Waals surface area contributed by atoms with Gasteiger partial charge in [0.25, 0.3) is 5.91 Å². The molecule has 1 amide bonds. The number of nitrogens with zero attached hydrogens (tertiary/aromatic N) is 4. The summed E-state index contributed by atoms with van der Waals surface area (Å²) in [5.74, 6) is 1.17. The SMILES string of the molecule is COc1cccc(F)c1-c1nccc2c1CN(c1cc(C)cc(N3CCC4(COCCN4)C3)n1)C2=O. The van der Waals surface area contributed by atoms with E-state index >= 15 is 0 Å². The first-order chi connectivity index (χ1) is 17.5. The number of benzene rings is 1. The highest BCUT2D eigenvalue weighted by molar-refractivity contribution is 6.10. The third-order valence-electron chi connectivity index (χ3n) is 7.30. The third kappa shape index (κ3) is 3.79. The van der Waals surface area contributed by atoms with Gasteiger partial charge < -0.3 is 19.7 Å². The first-order valence-corrected chi connectivity index (χ1v) is 12.2. The van der Waals surface area contributed by atoms with Crippen molar-refractivity contribution in [1.82, 2.24) is 15.3 Å². The van der Waals surface area contributed by atoms with Crippen molar-refractivity contribution in [2.45, 2.75) is 25.4 Å². The number of fused-ring (bicyclic) bond motifs is 1. The number of pyridine rings is 2. The number of aryl methyl sites for hydroxylation is 1. The molecule has 6 rings (SSSR count). The summed E-state index contributed by atoms with van der Waals surface area (Å²) in [5.41, 5.74) is 2.80. The van der Waals surface area contributed by atoms with Crippen LogP contribution in [-0.2, 0) is 11.3 Å². The van der Waals surface area contributed by atoms with Gasteiger partial charge in [0, 0.05) is 37.0 Å². The van der Waals surface area contributed by atoms with Crippen LogP contribution in [-0.4, -0.2) is 61.4 Å². The Hall–Kier alpha value is -3.56. The second-order valence-corrected chi connectivity index (χ2v) is 9.69. The highest BCUT2D eigenvalue weighted by Crippen LogP contribution is 2.39. The zero-order chi connectivity index (χ0) is 24.9. The molecular formula is C27H28FN5O3. The minimum absolute atomic E-state index is 0.0527. The number of anilines is 2. The second-order valence-electron chi connectivity index (χ2n) is 9.69. The molecule has 0 radical (unpaired) electrons. The molecular weight excluding hydrogens is 461 g/mol. The number of morpholine rings is 1. The van der Waals surface area contributed by atoms with E-state index in [9.17, 15) is 9.18 Å². The van der Waals surface area contributed by atoms with Crippen LogP contribution in [0.25, 0.3) is 11.3 Å². The Morgan fingerprint density at radius 3 is 2.89 bits per heavy atom. The van der Waals surface area contributed by atoms with E-state index in [0.29, 0.717) is 35.0 Å². The molecule has 2 aromatic heterocycles. The Kier molecular flexibility index (Phi) is 5.61. The van der Waals surface area contributed by atoms with Gasteiger partial charge in [0.2, 0.25) is 0 Å². The number of aromatic nitrogens is 2. The van der Waals surface area contributed by atoms with Crippen molar-refractivity contribution in [3.8, 4) is 17.0 Å². The van der Waals surface area contributed by atoms with E-state index in [2.05, 4.69) is 21.3 Å². The smallest absolute Gasteiger partial charge is 0.260 e. The quantitative estimate of drug-likeness (QED) is 0.602. The molecule has 3 aromatic rings. The summed E-state index contributed by atoms with van der Waals surface area (Å²) in [6.45, 7) is 6.21. The van der Waals surface area contributed by atoms with Gasteiger partial charge in [-0.1, -0.05) is 6.07 Å². The number of ether oxygens (including phenoxy) is 2. The maximum atomic E-state index is 14.9. The molecule has 1 aromatic carbocycles. The fourth-order valence-electron chi connectivity index (χ4n) is 5.50. The van der Waals surface area contributed by atoms with Crippen LogP contribution in [0.5, 0.6) is 5.75 Å². The monoisotopic (exact) mass is 489 g/mol. The molecule has 1 spiro atoms. The lowest BCUT2D eigenvalue weighted by Crippen LogP contribution is -2.55. The highest BCUT2D eigenvalue weighted by Gasteiger charge is 2.40. The number of hydrogen-bond donors (Lipinski definition) is 1. The van der Waals surface area contributed by atoms with Crippen LogP contribution >= 0.6 is 0 Å². The summed E-state index contributed by atoms with van der Waals surface area (Å²) in [6.07, 6.45) is 2.52. The van der Waals surface area contributed by atoms with E-state index in [-0.39, 0.29) is 23.6 Å². The normalized spacial score (nSPS) is 21.4. The average Bonchev–Trinajstić information content (AvgIpc) is 3.45. The molecule has 5 heterocycles. The van der Waals surface area contributed by atoms with Crippen molar-refractivity contribution in [3.05, 3.63) is 65.1 Å². The lowest BCUT2D eigenvalue weighted by molar-refractivity contribution is 0.0368. The predicted octanol–water partition coefficient (Wildman–Crippen LogP) is 3.33. The molecule has 2 fully saturated rings. The van der Waals surface area contributed by atoms with E-state index < -0.39 is 5.82 Å². The average molecular weight is 490 g/mol. The second kappa shape index (κ2) is 8.83. The number of halogens is 1. The number of rotatable bonds is 4. The molecule has 1 unspecified atom stereocenters. The summed E-state index contributed by atoms with van der Waals surface area (Å²) in [4.78, 5) is 26.8. The predicted molar refractivity (Wildman–Crippen MR) is 134 cm³/mol. The number of carbonyl (C=O) groups is 1. The van der Waals surface area contributed by atoms with Gasteiger partial charge in [-0.05, 0) is 49.2 Å². The molecule has 2 saturated heterocycles. The van der Waals surface area contributed by atoms with E-state index in [4.69, 9.17) is 14.5 Å². The standard InChI is InChI=1S/C27H28FN5O3/c1-17-12-22(32-10-7-27(15-32)16-36-11-9-30-27)31-23(13-17)33-14-19-18(26(33)34)6-8-29-25(19)24-20(28)4-3-5-21(24)35-2/h3-6,8,12-13,30H,7,9-11,14-16H2,1-2H3. The number of hydrogen-bond acceptors (Lipinski definition) is 7. The first kappa shape index (κ1) is 22.9. The molecule has 8 nitrogen and oxygen atoms in total. The topological polar surface area (TPSA) is 79.8 Å². The van der Waals surface area contributed by atoms with E-state index in [1.165, 1.54) is 13.2 Å². The van der Waals surface area contributed by atoms with Crippen LogP contribution in [0.1, 0.15) is 27.9 Å². The summed E-state index contributed by atoms with van der Waals surface area (Å²) in [6, 6.07) is 10.3. The third-order valence-corrected chi connectivity index (χ3v) is 7.30. The minimum Gasteiger partial charge on any atom is -0.496 e. The van der Waals surface area contributed by atoms with Crippen LogP contribution in [0, 0.1) is 12.7 Å². The Balaban J connectivity index is 1.33. The van der Waals surface area contributed by atoms with E-state index in [0.717, 1.165) is 44.0 Å². The maximum absolute atomic E-state index is 14.9. The Morgan fingerprint density at radius 2 is 2.08 bits per heavy atom. The lowest BCUT2D eigenvalue weighted by Gasteiger charge is -2.34. The van der Waals surface area contributed by atoms with Gasteiger partial charge in [-0.15, -0.1) is 0 Å². The van der Waals surface area contributed by atoms with Gasteiger partial charge in [-0.25, -0.2) is 9.37 Å². The molecule has 1 atom stereocenters. The Bertz CT molecular complexity index is 1340. The molecule has 0 aliphatic carbocycles. The molecule has 36 heavy (non-hydrogen) atoms. The van der Waals surface area contributed by atoms with Crippen LogP contribution in [0.3, 0.4) is 0 Å². The summed E-state index contributed by atoms with van der Waals surface area (Å²) >= 11 is 0. The number of methoxy groups -OCH3 is 1. The van der Waals surface area contributed by atoms with Crippen LogP contribution in [0.4, 0.5) is 16.0 Å². The maximum Gasteiger partial charge on any atom is 0.260 e. The zero-order valence-corrected chi connectivity index (χ0v) is 20.4. The Morgan fingerprint density at radius 1 is 1.22 bits per heavy atom. The number of amides is 1. The summed E-state index contributed by atoms with van der Waals surface area (Å²) < 4.78 is 26.0. The summed E-state index contributed by atoms with van der Waals surface area (Å²) in [7, 11) is 1.49. The van der Waals surface area contributed by atoms with Gasteiger partial charge in [0.15, 0.2) is 0 Å². The minimum atomic E-state index is -0.444. The van der Waals surface area contributed by atoms with Crippen molar-refractivity contribution in [3.63, 3.8) is 0 Å². The van der Waals surface area contributed by atoms with Crippen molar-refractivity contribution in [2.75, 3.05) is 49.8 Å². The van der Waals surface area contributed by atoms with Crippen LogP contribution in [0.15, 0.2) is 42.6 Å². The molecule has 1 N–H and O–H groups in total. The largest absolute Gasteiger partial charge is 0.496 e. The zero-order valence-electron chi connectivity index (χ0n) is 20.4. The highest BCUT2D eigenvalue weighted by atomic mass is 19.1. The van der Waals surface area contributed by atoms with Gasteiger partial charge >= 0.3 is 0 Å². The number of carbonyl (C=O) groups excluding carboxylic acids is 1. The van der Waals surface area contributed by atoms with Crippen molar-refractivity contribution in [2.24, 2.45) is 0 Å². The van der Waals surface area contributed by atoms with E-state index in [1.807, 2.05) is 13.0 Å². The molecule has 3 aliphatic heterocycles. The van der Waals surface area contributed by atoms with Crippen molar-refractivity contribution >= 4 is 17.5 Å². The molecule has 186 valence electrons. The lowest BCUT2D eigenvalue weighted by atomic mass is 9.99. The van der Waals surface area contributed by atoms with Gasteiger partial charge in [0.05, 0.1) is 43.7 Å². The Labute approximate surface area is 209 Å². The molecule has 9 heteroatoms. The van der Waals surface area contributed by atoms with Crippen LogP contribution in [0.2, 0.25) is 0 Å². The first-order valence-electron chi connectivity index (χ1n) is 12.2. The van der Waals surface area contributed by atoms with Gasteiger partial charge in [0.1, 0.15) is 23.2 Å². The molecule has 0 saturated carbocycles. The number of nitrogens with one attached hydrogen (secondary N) is 1. The van der Waals surface area contributed by atoms with Crippen molar-refractivity contribution < 1.29 is 18.7 Å². The van der Waals surface area contributed by atoms with Gasteiger partial charge in [-0.2, -0.15) is 0 Å². The van der Waals surface area contributed by atoms with E-state index in [1.54, 1.807) is 29.3 Å². The molecule has 3 aliphatic rings.